The summed E-state index contributed by atoms with van der Waals surface area (Å²) in [4.78, 5) is 24.2. The number of rotatable bonds is 6. The van der Waals surface area contributed by atoms with Gasteiger partial charge in [0.15, 0.2) is 0 Å². The van der Waals surface area contributed by atoms with Crippen molar-refractivity contribution in [1.29, 1.82) is 0 Å². The summed E-state index contributed by atoms with van der Waals surface area (Å²) in [5.74, 6) is -1.84. The minimum Gasteiger partial charge on any atom is -0.462 e. The van der Waals surface area contributed by atoms with Gasteiger partial charge in [-0.1, -0.05) is 47.5 Å². The minimum absolute atomic E-state index is 0.00856. The van der Waals surface area contributed by atoms with Gasteiger partial charge >= 0.3 is 11.9 Å². The molecular weight excluding hydrogens is 434 g/mol. The molecule has 0 saturated heterocycles. The predicted octanol–water partition coefficient (Wildman–Crippen LogP) is 5.43. The van der Waals surface area contributed by atoms with Gasteiger partial charge in [0.25, 0.3) is 0 Å². The summed E-state index contributed by atoms with van der Waals surface area (Å²) in [6.07, 6.45) is 0. The number of benzene rings is 2. The van der Waals surface area contributed by atoms with Crippen LogP contribution >= 0.6 is 46.4 Å². The molecule has 142 valence electrons. The highest BCUT2D eigenvalue weighted by molar-refractivity contribution is 6.51. The Morgan fingerprint density at radius 2 is 1.15 bits per heavy atom. The average Bonchev–Trinajstić information content (AvgIpc) is 3.17. The number of hydrogen-bond donors (Lipinski definition) is 0. The van der Waals surface area contributed by atoms with Crippen LogP contribution in [0.3, 0.4) is 0 Å². The van der Waals surface area contributed by atoms with Crippen LogP contribution in [0.25, 0.3) is 0 Å². The van der Waals surface area contributed by atoms with Crippen molar-refractivity contribution in [1.82, 2.24) is 0 Å². The molecule has 4 nitrogen and oxygen atoms in total. The molecule has 8 heteroatoms. The molecule has 3 rings (SSSR count). The zero-order valence-corrected chi connectivity index (χ0v) is 16.9. The second-order valence-corrected chi connectivity index (χ2v) is 8.30. The van der Waals surface area contributed by atoms with E-state index in [2.05, 4.69) is 0 Å². The molecule has 0 N–H and O–H groups in total. The van der Waals surface area contributed by atoms with Gasteiger partial charge < -0.3 is 9.47 Å². The zero-order chi connectivity index (χ0) is 19.6. The summed E-state index contributed by atoms with van der Waals surface area (Å²) in [7, 11) is 0. The van der Waals surface area contributed by atoms with Gasteiger partial charge in [0.1, 0.15) is 4.33 Å². The van der Waals surface area contributed by atoms with Crippen LogP contribution in [0, 0.1) is 11.8 Å². The Kier molecular flexibility index (Phi) is 6.21. The number of esters is 2. The van der Waals surface area contributed by atoms with Gasteiger partial charge in [-0.2, -0.15) is 0 Å². The van der Waals surface area contributed by atoms with Gasteiger partial charge in [-0.3, -0.25) is 0 Å². The Labute approximate surface area is 176 Å². The average molecular weight is 448 g/mol. The van der Waals surface area contributed by atoms with Gasteiger partial charge in [0.05, 0.1) is 34.4 Å². The molecule has 27 heavy (non-hydrogen) atoms. The first-order valence-corrected chi connectivity index (χ1v) is 9.54. The van der Waals surface area contributed by atoms with Crippen molar-refractivity contribution < 1.29 is 19.1 Å². The molecule has 2 atom stereocenters. The quantitative estimate of drug-likeness (QED) is 0.437. The first-order chi connectivity index (χ1) is 12.8. The third kappa shape index (κ3) is 4.52. The largest absolute Gasteiger partial charge is 0.462 e. The highest BCUT2D eigenvalue weighted by Crippen LogP contribution is 2.59. The third-order valence-corrected chi connectivity index (χ3v) is 6.12. The smallest absolute Gasteiger partial charge is 0.339 e. The van der Waals surface area contributed by atoms with Crippen LogP contribution in [-0.2, 0) is 9.47 Å². The molecule has 1 aliphatic carbocycles. The van der Waals surface area contributed by atoms with Crippen molar-refractivity contribution in [2.75, 3.05) is 13.2 Å². The van der Waals surface area contributed by atoms with E-state index >= 15 is 0 Å². The van der Waals surface area contributed by atoms with Crippen molar-refractivity contribution in [3.63, 3.8) is 0 Å². The molecule has 0 spiro atoms. The molecule has 2 aromatic rings. The van der Waals surface area contributed by atoms with Crippen molar-refractivity contribution >= 4 is 58.3 Å². The van der Waals surface area contributed by atoms with E-state index in [1.165, 1.54) is 0 Å². The molecule has 1 saturated carbocycles. The minimum atomic E-state index is -1.14. The molecular formula is C19H14Cl4O4. The first-order valence-electron chi connectivity index (χ1n) is 8.03. The van der Waals surface area contributed by atoms with Crippen LogP contribution in [0.1, 0.15) is 20.7 Å². The molecule has 1 fully saturated rings. The molecule has 0 bridgehead atoms. The Balaban J connectivity index is 1.53. The number of ether oxygens (including phenoxy) is 2. The zero-order valence-electron chi connectivity index (χ0n) is 13.8. The molecule has 2 aromatic carbocycles. The van der Waals surface area contributed by atoms with Crippen molar-refractivity contribution in [2.45, 2.75) is 4.33 Å². The monoisotopic (exact) mass is 446 g/mol. The summed E-state index contributed by atoms with van der Waals surface area (Å²) in [5.41, 5.74) is 0.521. The van der Waals surface area contributed by atoms with Crippen LogP contribution in [0.5, 0.6) is 0 Å². The summed E-state index contributed by atoms with van der Waals surface area (Å²) in [5, 5.41) is 0.595. The summed E-state index contributed by atoms with van der Waals surface area (Å²) in [6.45, 7) is -0.0171. The lowest BCUT2D eigenvalue weighted by Gasteiger charge is -2.07. The van der Waals surface area contributed by atoms with Crippen molar-refractivity contribution in [3.8, 4) is 0 Å². The van der Waals surface area contributed by atoms with Crippen molar-refractivity contribution in [3.05, 3.63) is 69.7 Å². The number of carbonyl (C=O) groups is 2. The lowest BCUT2D eigenvalue weighted by molar-refractivity contribution is 0.0419. The van der Waals surface area contributed by atoms with Crippen molar-refractivity contribution in [2.24, 2.45) is 11.8 Å². The number of hydrogen-bond acceptors (Lipinski definition) is 4. The maximum Gasteiger partial charge on any atom is 0.339 e. The second-order valence-electron chi connectivity index (χ2n) is 6.04. The number of halogens is 4. The fourth-order valence-corrected chi connectivity index (χ4v) is 3.82. The van der Waals surface area contributed by atoms with Gasteiger partial charge in [-0.25, -0.2) is 9.59 Å². The van der Waals surface area contributed by atoms with E-state index < -0.39 is 16.3 Å². The van der Waals surface area contributed by atoms with Crippen LogP contribution in [0.4, 0.5) is 0 Å². The molecule has 0 radical (unpaired) electrons. The SMILES string of the molecule is O=C(OC[C@H]1[C@H](COC(=O)c2ccccc2Cl)C1(Cl)Cl)c1ccccc1Cl. The summed E-state index contributed by atoms with van der Waals surface area (Å²) in [6, 6.07) is 13.1. The normalized spacial score (nSPS) is 20.0. The third-order valence-electron chi connectivity index (χ3n) is 4.34. The Hall–Kier alpha value is -1.46. The lowest BCUT2D eigenvalue weighted by atomic mass is 10.2. The highest BCUT2D eigenvalue weighted by atomic mass is 35.5. The maximum atomic E-state index is 12.1. The van der Waals surface area contributed by atoms with E-state index in [1.807, 2.05) is 0 Å². The van der Waals surface area contributed by atoms with E-state index in [9.17, 15) is 9.59 Å². The number of alkyl halides is 2. The number of carbonyl (C=O) groups excluding carboxylic acids is 2. The van der Waals surface area contributed by atoms with Crippen LogP contribution in [0.15, 0.2) is 48.5 Å². The molecule has 0 aliphatic heterocycles. The molecule has 0 heterocycles. The first kappa shape index (κ1) is 20.3. The van der Waals surface area contributed by atoms with Crippen LogP contribution < -0.4 is 0 Å². The predicted molar refractivity (Wildman–Crippen MR) is 105 cm³/mol. The molecule has 0 unspecified atom stereocenters. The van der Waals surface area contributed by atoms with Crippen LogP contribution in [-0.4, -0.2) is 29.5 Å². The van der Waals surface area contributed by atoms with Gasteiger partial charge in [-0.05, 0) is 24.3 Å². The fourth-order valence-electron chi connectivity index (χ4n) is 2.66. The standard InChI is InChI=1S/C19H14Cl4O4/c20-15-7-3-1-5-11(15)17(24)26-9-13-14(19(13,22)23)10-27-18(25)12-6-2-4-8-16(12)21/h1-8,13-14H,9-10H2/t13-,14-/m0/s1. The highest BCUT2D eigenvalue weighted by Gasteiger charge is 2.64. The van der Waals surface area contributed by atoms with Gasteiger partial charge in [0.2, 0.25) is 0 Å². The molecule has 0 amide bonds. The van der Waals surface area contributed by atoms with E-state index in [-0.39, 0.29) is 36.2 Å². The molecule has 0 aromatic heterocycles. The Bertz CT molecular complexity index is 799. The fraction of sp³-hybridized carbons (Fsp3) is 0.263. The lowest BCUT2D eigenvalue weighted by Crippen LogP contribution is -2.12. The Morgan fingerprint density at radius 3 is 1.52 bits per heavy atom. The second kappa shape index (κ2) is 8.27. The topological polar surface area (TPSA) is 52.6 Å². The van der Waals surface area contributed by atoms with E-state index in [1.54, 1.807) is 48.5 Å². The van der Waals surface area contributed by atoms with Crippen LogP contribution in [0.2, 0.25) is 10.0 Å². The summed E-state index contributed by atoms with van der Waals surface area (Å²) >= 11 is 24.4. The van der Waals surface area contributed by atoms with E-state index in [4.69, 9.17) is 55.9 Å². The molecule has 1 aliphatic rings. The maximum absolute atomic E-state index is 12.1. The van der Waals surface area contributed by atoms with Gasteiger partial charge in [0, 0.05) is 11.8 Å². The van der Waals surface area contributed by atoms with Gasteiger partial charge in [-0.15, -0.1) is 23.2 Å². The van der Waals surface area contributed by atoms with E-state index in [0.717, 1.165) is 0 Å². The Morgan fingerprint density at radius 1 is 0.778 bits per heavy atom. The summed E-state index contributed by atoms with van der Waals surface area (Å²) < 4.78 is 9.37. The van der Waals surface area contributed by atoms with E-state index in [0.29, 0.717) is 10.0 Å².